The van der Waals surface area contributed by atoms with Crippen LogP contribution in [-0.2, 0) is 0 Å². The van der Waals surface area contributed by atoms with Crippen molar-refractivity contribution in [1.82, 2.24) is 0 Å². The summed E-state index contributed by atoms with van der Waals surface area (Å²) in [5, 5.41) is 5.23. The van der Waals surface area contributed by atoms with Gasteiger partial charge in [0, 0.05) is 0 Å². The van der Waals surface area contributed by atoms with Gasteiger partial charge in [-0.1, -0.05) is 80.6 Å². The van der Waals surface area contributed by atoms with Crippen molar-refractivity contribution in [3.05, 3.63) is 84.4 Å². The summed E-state index contributed by atoms with van der Waals surface area (Å²) in [5.41, 5.74) is 4.01. The molecule has 0 fully saturated rings. The van der Waals surface area contributed by atoms with Gasteiger partial charge in [-0.15, -0.1) is 0 Å². The highest BCUT2D eigenvalue weighted by atomic mass is 14.1. The molecule has 0 heterocycles. The summed E-state index contributed by atoms with van der Waals surface area (Å²) >= 11 is 0. The molecule has 0 saturated heterocycles. The number of benzene rings is 4. The summed E-state index contributed by atoms with van der Waals surface area (Å²) in [4.78, 5) is 0. The van der Waals surface area contributed by atoms with Gasteiger partial charge in [0.15, 0.2) is 0 Å². The van der Waals surface area contributed by atoms with Crippen molar-refractivity contribution in [2.24, 2.45) is 0 Å². The van der Waals surface area contributed by atoms with E-state index in [4.69, 9.17) is 0 Å². The molecule has 4 rings (SSSR count). The highest BCUT2D eigenvalue weighted by Crippen LogP contribution is 2.33. The number of hydrogen-bond acceptors (Lipinski definition) is 0. The van der Waals surface area contributed by atoms with Gasteiger partial charge in [0.2, 0.25) is 0 Å². The second-order valence-electron chi connectivity index (χ2n) is 6.51. The van der Waals surface area contributed by atoms with Crippen molar-refractivity contribution in [3.8, 4) is 11.1 Å². The lowest BCUT2D eigenvalue weighted by atomic mass is 9.93. The van der Waals surface area contributed by atoms with Crippen molar-refractivity contribution in [2.45, 2.75) is 19.8 Å². The van der Waals surface area contributed by atoms with Crippen LogP contribution in [0.15, 0.2) is 78.9 Å². The summed E-state index contributed by atoms with van der Waals surface area (Å²) < 4.78 is 0. The van der Waals surface area contributed by atoms with Crippen LogP contribution in [-0.4, -0.2) is 0 Å². The molecule has 0 N–H and O–H groups in total. The molecule has 0 atom stereocenters. The summed E-state index contributed by atoms with van der Waals surface area (Å²) in [7, 11) is 0. The van der Waals surface area contributed by atoms with E-state index < -0.39 is 0 Å². The number of fused-ring (bicyclic) bond motifs is 2. The van der Waals surface area contributed by atoms with Crippen LogP contribution in [0.4, 0.5) is 0 Å². The molecule has 0 unspecified atom stereocenters. The molecule has 0 heteroatoms. The third kappa shape index (κ3) is 2.51. The Bertz CT molecular complexity index is 993. The normalized spacial score (nSPS) is 11.4. The van der Waals surface area contributed by atoms with Gasteiger partial charge in [-0.25, -0.2) is 0 Å². The van der Waals surface area contributed by atoms with Crippen LogP contribution in [0.1, 0.15) is 25.3 Å². The van der Waals surface area contributed by atoms with E-state index in [0.29, 0.717) is 5.92 Å². The van der Waals surface area contributed by atoms with Crippen molar-refractivity contribution >= 4 is 21.5 Å². The van der Waals surface area contributed by atoms with E-state index in [1.807, 2.05) is 0 Å². The van der Waals surface area contributed by atoms with Crippen molar-refractivity contribution < 1.29 is 0 Å². The maximum atomic E-state index is 2.33. The monoisotopic (exact) mass is 296 g/mol. The zero-order valence-electron chi connectivity index (χ0n) is 13.6. The van der Waals surface area contributed by atoms with Crippen LogP contribution in [0.25, 0.3) is 32.7 Å². The Morgan fingerprint density at radius 1 is 0.609 bits per heavy atom. The van der Waals surface area contributed by atoms with E-state index in [1.54, 1.807) is 0 Å². The third-order valence-corrected chi connectivity index (χ3v) is 4.61. The van der Waals surface area contributed by atoms with Crippen LogP contribution in [0.5, 0.6) is 0 Å². The van der Waals surface area contributed by atoms with E-state index >= 15 is 0 Å². The quantitative estimate of drug-likeness (QED) is 0.357. The molecule has 0 aliphatic carbocycles. The average Bonchev–Trinajstić information content (AvgIpc) is 2.59. The van der Waals surface area contributed by atoms with E-state index in [2.05, 4.69) is 92.7 Å². The molecule has 0 spiro atoms. The molecule has 112 valence electrons. The van der Waals surface area contributed by atoms with Crippen LogP contribution in [0, 0.1) is 0 Å². The minimum atomic E-state index is 0.547. The van der Waals surface area contributed by atoms with Gasteiger partial charge < -0.3 is 0 Å². The lowest BCUT2D eigenvalue weighted by molar-refractivity contribution is 0.867. The largest absolute Gasteiger partial charge is 0.0616 e. The summed E-state index contributed by atoms with van der Waals surface area (Å²) in [5.74, 6) is 0.547. The average molecular weight is 296 g/mol. The van der Waals surface area contributed by atoms with Crippen LogP contribution in [0.2, 0.25) is 0 Å². The van der Waals surface area contributed by atoms with Crippen LogP contribution >= 0.6 is 0 Å². The SMILES string of the molecule is CC(C)c1cccc(-c2cccc3cc4ccccc4cc23)c1. The fourth-order valence-corrected chi connectivity index (χ4v) is 3.28. The van der Waals surface area contributed by atoms with E-state index in [0.717, 1.165) is 0 Å². The van der Waals surface area contributed by atoms with Gasteiger partial charge in [-0.3, -0.25) is 0 Å². The third-order valence-electron chi connectivity index (χ3n) is 4.61. The predicted molar refractivity (Wildman–Crippen MR) is 101 cm³/mol. The predicted octanol–water partition coefficient (Wildman–Crippen LogP) is 6.78. The molecule has 4 aromatic rings. The lowest BCUT2D eigenvalue weighted by Gasteiger charge is -2.11. The summed E-state index contributed by atoms with van der Waals surface area (Å²) in [6, 6.07) is 28.7. The molecular formula is C23H20. The second-order valence-corrected chi connectivity index (χ2v) is 6.51. The molecule has 0 bridgehead atoms. The van der Waals surface area contributed by atoms with Gasteiger partial charge in [-0.05, 0) is 56.3 Å². The van der Waals surface area contributed by atoms with Crippen molar-refractivity contribution in [1.29, 1.82) is 0 Å². The van der Waals surface area contributed by atoms with Crippen LogP contribution in [0.3, 0.4) is 0 Å². The highest BCUT2D eigenvalue weighted by Gasteiger charge is 2.07. The Morgan fingerprint density at radius 3 is 2.09 bits per heavy atom. The fourth-order valence-electron chi connectivity index (χ4n) is 3.28. The smallest absolute Gasteiger partial charge is 0.00990 e. The minimum absolute atomic E-state index is 0.547. The first kappa shape index (κ1) is 14.0. The molecule has 0 radical (unpaired) electrons. The first-order chi connectivity index (χ1) is 11.2. The zero-order valence-corrected chi connectivity index (χ0v) is 13.6. The van der Waals surface area contributed by atoms with E-state index in [-0.39, 0.29) is 0 Å². The van der Waals surface area contributed by atoms with Gasteiger partial charge in [0.05, 0.1) is 0 Å². The Hall–Kier alpha value is -2.60. The first-order valence-electron chi connectivity index (χ1n) is 8.24. The van der Waals surface area contributed by atoms with Crippen LogP contribution < -0.4 is 0 Å². The molecule has 0 saturated carbocycles. The Kier molecular flexibility index (Phi) is 3.38. The summed E-state index contributed by atoms with van der Waals surface area (Å²) in [6.45, 7) is 4.49. The maximum Gasteiger partial charge on any atom is -0.00990 e. The maximum absolute atomic E-state index is 2.33. The number of rotatable bonds is 2. The Labute approximate surface area is 137 Å². The number of hydrogen-bond donors (Lipinski definition) is 0. The molecule has 23 heavy (non-hydrogen) atoms. The molecule has 0 amide bonds. The second kappa shape index (κ2) is 5.55. The highest BCUT2D eigenvalue weighted by molar-refractivity contribution is 6.04. The van der Waals surface area contributed by atoms with Gasteiger partial charge >= 0.3 is 0 Å². The lowest BCUT2D eigenvalue weighted by Crippen LogP contribution is -1.88. The molecule has 0 aromatic heterocycles. The zero-order chi connectivity index (χ0) is 15.8. The molecule has 4 aromatic carbocycles. The molecule has 0 aliphatic heterocycles. The van der Waals surface area contributed by atoms with E-state index in [9.17, 15) is 0 Å². The first-order valence-corrected chi connectivity index (χ1v) is 8.24. The van der Waals surface area contributed by atoms with Gasteiger partial charge in [0.1, 0.15) is 0 Å². The molecular weight excluding hydrogens is 276 g/mol. The Balaban J connectivity index is 1.99. The summed E-state index contributed by atoms with van der Waals surface area (Å²) in [6.07, 6.45) is 0. The van der Waals surface area contributed by atoms with Gasteiger partial charge in [-0.2, -0.15) is 0 Å². The molecule has 0 nitrogen and oxygen atoms in total. The van der Waals surface area contributed by atoms with Crippen molar-refractivity contribution in [3.63, 3.8) is 0 Å². The van der Waals surface area contributed by atoms with E-state index in [1.165, 1.54) is 38.2 Å². The van der Waals surface area contributed by atoms with Gasteiger partial charge in [0.25, 0.3) is 0 Å². The fraction of sp³-hybridized carbons (Fsp3) is 0.130. The topological polar surface area (TPSA) is 0 Å². The standard InChI is InChI=1S/C23H20/c1-16(2)17-9-5-10-20(13-17)22-12-6-11-21-14-18-7-3-4-8-19(18)15-23(21)22/h3-16H,1-2H3. The Morgan fingerprint density at radius 2 is 1.30 bits per heavy atom. The minimum Gasteiger partial charge on any atom is -0.0616 e. The molecule has 0 aliphatic rings. The van der Waals surface area contributed by atoms with Crippen molar-refractivity contribution in [2.75, 3.05) is 0 Å².